The minimum atomic E-state index is -0.617. The van der Waals surface area contributed by atoms with E-state index in [0.717, 1.165) is 37.8 Å². The average Bonchev–Trinajstić information content (AvgIpc) is 2.53. The first-order valence-corrected chi connectivity index (χ1v) is 9.49. The van der Waals surface area contributed by atoms with E-state index in [0.29, 0.717) is 11.6 Å². The minimum Gasteiger partial charge on any atom is -0.330 e. The van der Waals surface area contributed by atoms with Crippen LogP contribution in [0.3, 0.4) is 0 Å². The molecule has 0 radical (unpaired) electrons. The second-order valence-electron chi connectivity index (χ2n) is 5.09. The van der Waals surface area contributed by atoms with E-state index in [1.165, 1.54) is 21.0 Å². The molecule has 0 saturated heterocycles. The topological polar surface area (TPSA) is 65.5 Å². The molecule has 0 aliphatic heterocycles. The zero-order valence-corrected chi connectivity index (χ0v) is 16.5. The summed E-state index contributed by atoms with van der Waals surface area (Å²) in [5.74, 6) is 0. The molecule has 3 amide bonds. The molecule has 0 saturated carbocycles. The van der Waals surface area contributed by atoms with Crippen LogP contribution in [0.4, 0.5) is 9.59 Å². The molecule has 9 heteroatoms. The molecule has 134 valence electrons. The van der Waals surface area contributed by atoms with Crippen LogP contribution in [0.15, 0.2) is 5.16 Å². The van der Waals surface area contributed by atoms with Gasteiger partial charge >= 0.3 is 12.1 Å². The first-order valence-electron chi connectivity index (χ1n) is 7.53. The quantitative estimate of drug-likeness (QED) is 0.163. The summed E-state index contributed by atoms with van der Waals surface area (Å²) in [7, 11) is 4.93. The first kappa shape index (κ1) is 21.9. The normalized spacial score (nSPS) is 11.1. The van der Waals surface area contributed by atoms with Crippen molar-refractivity contribution in [1.82, 2.24) is 13.5 Å². The van der Waals surface area contributed by atoms with Crippen molar-refractivity contribution in [2.45, 2.75) is 39.5 Å². The van der Waals surface area contributed by atoms with Gasteiger partial charge in [-0.05, 0) is 19.6 Å². The molecule has 7 nitrogen and oxygen atoms in total. The Morgan fingerprint density at radius 3 is 2.30 bits per heavy atom. The van der Waals surface area contributed by atoms with Crippen molar-refractivity contribution in [3.8, 4) is 0 Å². The summed E-state index contributed by atoms with van der Waals surface area (Å²) in [5.41, 5.74) is 0. The number of nitrogens with zero attached hydrogens (tertiary/aromatic N) is 4. The molecule has 0 bridgehead atoms. The number of unbranched alkanes of at least 4 members (excludes halogenated alkanes) is 3. The van der Waals surface area contributed by atoms with E-state index in [-0.39, 0.29) is 6.03 Å². The maximum absolute atomic E-state index is 12.2. The number of rotatable bonds is 8. The molecule has 0 heterocycles. The van der Waals surface area contributed by atoms with Gasteiger partial charge in [-0.1, -0.05) is 31.3 Å². The van der Waals surface area contributed by atoms with Crippen LogP contribution in [0.25, 0.3) is 0 Å². The summed E-state index contributed by atoms with van der Waals surface area (Å²) in [6.45, 7) is 4.46. The van der Waals surface area contributed by atoms with Crippen LogP contribution in [0.5, 0.6) is 0 Å². The van der Waals surface area contributed by atoms with Gasteiger partial charge in [0.05, 0.1) is 12.1 Å². The van der Waals surface area contributed by atoms with Crippen molar-refractivity contribution >= 4 is 41.1 Å². The lowest BCUT2D eigenvalue weighted by Gasteiger charge is -2.27. The predicted octanol–water partition coefficient (Wildman–Crippen LogP) is 3.88. The van der Waals surface area contributed by atoms with E-state index in [2.05, 4.69) is 12.1 Å². The zero-order chi connectivity index (χ0) is 17.8. The molecule has 0 aliphatic rings. The van der Waals surface area contributed by atoms with Crippen LogP contribution in [0.2, 0.25) is 0 Å². The molecule has 0 aliphatic carbocycles. The predicted molar refractivity (Wildman–Crippen MR) is 98.4 cm³/mol. The molecular formula is C14H28N4O3S2. The van der Waals surface area contributed by atoms with Gasteiger partial charge in [0.1, 0.15) is 5.04 Å². The van der Waals surface area contributed by atoms with Crippen LogP contribution in [0, 0.1) is 0 Å². The van der Waals surface area contributed by atoms with Crippen molar-refractivity contribution in [2.75, 3.05) is 33.9 Å². The van der Waals surface area contributed by atoms with Gasteiger partial charge in [-0.2, -0.15) is 0 Å². The maximum atomic E-state index is 12.2. The van der Waals surface area contributed by atoms with Gasteiger partial charge in [0, 0.05) is 27.7 Å². The van der Waals surface area contributed by atoms with Gasteiger partial charge < -0.3 is 4.90 Å². The third kappa shape index (κ3) is 9.60. The number of urea groups is 1. The molecule has 0 spiro atoms. The highest BCUT2D eigenvalue weighted by atomic mass is 32.2. The Balaban J connectivity index is 4.60. The van der Waals surface area contributed by atoms with Crippen molar-refractivity contribution < 1.29 is 14.4 Å². The van der Waals surface area contributed by atoms with E-state index in [1.54, 1.807) is 32.4 Å². The minimum absolute atomic E-state index is 0.157. The summed E-state index contributed by atoms with van der Waals surface area (Å²) in [5, 5.41) is 4.35. The second-order valence-corrected chi connectivity index (χ2v) is 7.24. The Morgan fingerprint density at radius 1 is 1.13 bits per heavy atom. The monoisotopic (exact) mass is 364 g/mol. The van der Waals surface area contributed by atoms with E-state index in [4.69, 9.17) is 4.84 Å². The lowest BCUT2D eigenvalue weighted by atomic mass is 10.2. The Bertz CT molecular complexity index is 405. The summed E-state index contributed by atoms with van der Waals surface area (Å²) in [6, 6.07) is -0.157. The van der Waals surface area contributed by atoms with E-state index < -0.39 is 6.09 Å². The molecule has 0 aromatic heterocycles. The average molecular weight is 365 g/mol. The van der Waals surface area contributed by atoms with Crippen molar-refractivity contribution in [1.29, 1.82) is 0 Å². The van der Waals surface area contributed by atoms with Gasteiger partial charge in [0.15, 0.2) is 0 Å². The molecule has 23 heavy (non-hydrogen) atoms. The van der Waals surface area contributed by atoms with Gasteiger partial charge in [-0.25, -0.2) is 18.2 Å². The van der Waals surface area contributed by atoms with Gasteiger partial charge in [0.25, 0.3) is 0 Å². The third-order valence-electron chi connectivity index (χ3n) is 2.84. The van der Waals surface area contributed by atoms with Crippen LogP contribution < -0.4 is 0 Å². The molecule has 0 aromatic carbocycles. The third-order valence-corrected chi connectivity index (χ3v) is 4.43. The Kier molecular flexibility index (Phi) is 11.8. The largest absolute Gasteiger partial charge is 0.447 e. The smallest absolute Gasteiger partial charge is 0.330 e. The molecule has 0 N–H and O–H groups in total. The number of oxime groups is 1. The highest BCUT2D eigenvalue weighted by Gasteiger charge is 2.22. The fourth-order valence-corrected chi connectivity index (χ4v) is 2.41. The molecular weight excluding hydrogens is 336 g/mol. The number of hydrogen-bond donors (Lipinski definition) is 0. The lowest BCUT2D eigenvalue weighted by Crippen LogP contribution is -2.38. The highest BCUT2D eigenvalue weighted by Crippen LogP contribution is 2.19. The van der Waals surface area contributed by atoms with Gasteiger partial charge in [-0.15, -0.1) is 11.8 Å². The van der Waals surface area contributed by atoms with Crippen LogP contribution in [-0.2, 0) is 4.84 Å². The summed E-state index contributed by atoms with van der Waals surface area (Å²) in [6.07, 6.45) is 5.45. The summed E-state index contributed by atoms with van der Waals surface area (Å²) >= 11 is 2.42. The number of carbonyl (C=O) groups is 2. The number of hydrogen-bond acceptors (Lipinski definition) is 6. The fraction of sp³-hybridized carbons (Fsp3) is 0.786. The van der Waals surface area contributed by atoms with Crippen molar-refractivity contribution in [2.24, 2.45) is 5.16 Å². The van der Waals surface area contributed by atoms with Crippen LogP contribution in [-0.4, -0.2) is 64.6 Å². The van der Waals surface area contributed by atoms with E-state index >= 15 is 0 Å². The standard InChI is InChI=1S/C14H28N4O3S2/c1-7-8-9-10-11-18(13(19)16(3)4)23-17(5)14(20)21-15-12(2)22-6/h7-11H2,1-6H3/b15-12+. The van der Waals surface area contributed by atoms with Crippen LogP contribution in [0.1, 0.15) is 39.5 Å². The first-order chi connectivity index (χ1) is 10.8. The van der Waals surface area contributed by atoms with E-state index in [1.807, 2.05) is 6.26 Å². The second kappa shape index (κ2) is 12.3. The lowest BCUT2D eigenvalue weighted by molar-refractivity contribution is 0.136. The number of amides is 3. The van der Waals surface area contributed by atoms with E-state index in [9.17, 15) is 9.59 Å². The van der Waals surface area contributed by atoms with Gasteiger partial charge in [-0.3, -0.25) is 4.84 Å². The van der Waals surface area contributed by atoms with Crippen LogP contribution >= 0.6 is 23.9 Å². The molecule has 0 unspecified atom stereocenters. The Labute approximate surface area is 148 Å². The zero-order valence-electron chi connectivity index (χ0n) is 14.9. The Hall–Kier alpha value is -1.09. The number of thioether (sulfide) groups is 1. The van der Waals surface area contributed by atoms with Gasteiger partial charge in [0.2, 0.25) is 0 Å². The highest BCUT2D eigenvalue weighted by molar-refractivity contribution is 8.13. The molecule has 0 atom stereocenters. The summed E-state index contributed by atoms with van der Waals surface area (Å²) in [4.78, 5) is 30.4. The molecule has 0 fully saturated rings. The summed E-state index contributed by atoms with van der Waals surface area (Å²) < 4.78 is 2.82. The molecule has 0 aromatic rings. The number of carbonyl (C=O) groups excluding carboxylic acids is 2. The van der Waals surface area contributed by atoms with Crippen molar-refractivity contribution in [3.63, 3.8) is 0 Å². The SMILES string of the molecule is CCCCCCN(SN(C)C(=O)O/N=C(\C)SC)C(=O)N(C)C. The van der Waals surface area contributed by atoms with Crippen molar-refractivity contribution in [3.05, 3.63) is 0 Å². The Morgan fingerprint density at radius 2 is 1.78 bits per heavy atom. The maximum Gasteiger partial charge on any atom is 0.447 e. The fourth-order valence-electron chi connectivity index (χ4n) is 1.46. The molecule has 0 rings (SSSR count).